The van der Waals surface area contributed by atoms with Crippen LogP contribution in [0.2, 0.25) is 0 Å². The smallest absolute Gasteiger partial charge is 0.304 e. The number of methoxy groups -OCH3 is 1. The lowest BCUT2D eigenvalue weighted by atomic mass is 10.3. The van der Waals surface area contributed by atoms with E-state index in [2.05, 4.69) is 0 Å². The first-order valence-corrected chi connectivity index (χ1v) is 5.40. The van der Waals surface area contributed by atoms with Crippen molar-refractivity contribution < 1.29 is 14.6 Å². The van der Waals surface area contributed by atoms with Gasteiger partial charge in [-0.1, -0.05) is 0 Å². The standard InChI is InChI=1S/C10H13NO3S/c1-14-8-6-7(11)2-3-9(8)15-5-4-10(12)13/h2-3,6H,4-5,11H2,1H3,(H,12,13). The summed E-state index contributed by atoms with van der Waals surface area (Å²) in [6.07, 6.45) is 0.137. The van der Waals surface area contributed by atoms with Crippen molar-refractivity contribution in [3.05, 3.63) is 18.2 Å². The molecule has 0 fully saturated rings. The Morgan fingerprint density at radius 3 is 2.93 bits per heavy atom. The van der Waals surface area contributed by atoms with Crippen molar-refractivity contribution in [1.82, 2.24) is 0 Å². The second-order valence-electron chi connectivity index (χ2n) is 2.90. The van der Waals surface area contributed by atoms with Crippen LogP contribution in [0.1, 0.15) is 6.42 Å². The van der Waals surface area contributed by atoms with E-state index in [1.54, 1.807) is 19.2 Å². The molecule has 1 aromatic rings. The molecule has 0 heterocycles. The van der Waals surface area contributed by atoms with E-state index in [0.29, 0.717) is 17.2 Å². The number of hydrogen-bond donors (Lipinski definition) is 2. The van der Waals surface area contributed by atoms with Crippen molar-refractivity contribution in [2.24, 2.45) is 0 Å². The summed E-state index contributed by atoms with van der Waals surface area (Å²) in [4.78, 5) is 11.2. The Labute approximate surface area is 92.4 Å². The summed E-state index contributed by atoms with van der Waals surface area (Å²) in [7, 11) is 1.57. The third-order valence-electron chi connectivity index (χ3n) is 1.76. The molecule has 0 aliphatic carbocycles. The molecule has 82 valence electrons. The topological polar surface area (TPSA) is 72.5 Å². The molecule has 0 unspecified atom stereocenters. The fourth-order valence-electron chi connectivity index (χ4n) is 1.05. The molecule has 0 aromatic heterocycles. The summed E-state index contributed by atoms with van der Waals surface area (Å²) in [5.41, 5.74) is 6.23. The second kappa shape index (κ2) is 5.50. The Morgan fingerprint density at radius 1 is 1.60 bits per heavy atom. The predicted octanol–water partition coefficient (Wildman–Crippen LogP) is 1.84. The van der Waals surface area contributed by atoms with Crippen molar-refractivity contribution in [3.63, 3.8) is 0 Å². The summed E-state index contributed by atoms with van der Waals surface area (Å²) in [5, 5.41) is 8.50. The van der Waals surface area contributed by atoms with Gasteiger partial charge in [-0.15, -0.1) is 11.8 Å². The maximum absolute atomic E-state index is 10.3. The van der Waals surface area contributed by atoms with Crippen LogP contribution in [0.5, 0.6) is 5.75 Å². The number of thioether (sulfide) groups is 1. The Morgan fingerprint density at radius 2 is 2.33 bits per heavy atom. The first-order valence-electron chi connectivity index (χ1n) is 4.41. The van der Waals surface area contributed by atoms with Crippen LogP contribution < -0.4 is 10.5 Å². The monoisotopic (exact) mass is 227 g/mol. The van der Waals surface area contributed by atoms with Crippen molar-refractivity contribution in [1.29, 1.82) is 0 Å². The van der Waals surface area contributed by atoms with E-state index in [0.717, 1.165) is 4.90 Å². The molecule has 15 heavy (non-hydrogen) atoms. The summed E-state index contributed by atoms with van der Waals surface area (Å²) in [6, 6.07) is 5.33. The van der Waals surface area contributed by atoms with E-state index in [4.69, 9.17) is 15.6 Å². The molecule has 0 radical (unpaired) electrons. The predicted molar refractivity (Wildman–Crippen MR) is 60.4 cm³/mol. The van der Waals surface area contributed by atoms with Gasteiger partial charge >= 0.3 is 5.97 Å². The molecule has 0 aliphatic rings. The highest BCUT2D eigenvalue weighted by Crippen LogP contribution is 2.31. The number of ether oxygens (including phenoxy) is 1. The van der Waals surface area contributed by atoms with Crippen LogP contribution in [0.25, 0.3) is 0 Å². The average Bonchev–Trinajstić information content (AvgIpc) is 2.19. The van der Waals surface area contributed by atoms with Gasteiger partial charge in [0.25, 0.3) is 0 Å². The Hall–Kier alpha value is -1.36. The van der Waals surface area contributed by atoms with Crippen LogP contribution in [0, 0.1) is 0 Å². The Bertz CT molecular complexity index is 355. The van der Waals surface area contributed by atoms with Crippen LogP contribution in [0.3, 0.4) is 0 Å². The van der Waals surface area contributed by atoms with Gasteiger partial charge in [-0.3, -0.25) is 4.79 Å². The van der Waals surface area contributed by atoms with Crippen molar-refractivity contribution in [3.8, 4) is 5.75 Å². The lowest BCUT2D eigenvalue weighted by molar-refractivity contribution is -0.136. The van der Waals surface area contributed by atoms with E-state index >= 15 is 0 Å². The molecule has 1 aromatic carbocycles. The van der Waals surface area contributed by atoms with Crippen molar-refractivity contribution >= 4 is 23.4 Å². The molecule has 4 nitrogen and oxygen atoms in total. The number of nitrogens with two attached hydrogens (primary N) is 1. The second-order valence-corrected chi connectivity index (χ2v) is 4.04. The van der Waals surface area contributed by atoms with E-state index in [1.165, 1.54) is 11.8 Å². The quantitative estimate of drug-likeness (QED) is 0.593. The highest BCUT2D eigenvalue weighted by Gasteiger charge is 2.05. The summed E-state index contributed by atoms with van der Waals surface area (Å²) in [5.74, 6) is 0.414. The number of benzene rings is 1. The number of rotatable bonds is 5. The summed E-state index contributed by atoms with van der Waals surface area (Å²) in [6.45, 7) is 0. The fourth-order valence-corrected chi connectivity index (χ4v) is 2.00. The third-order valence-corrected chi connectivity index (χ3v) is 2.82. The van der Waals surface area contributed by atoms with Crippen LogP contribution in [0.15, 0.2) is 23.1 Å². The maximum Gasteiger partial charge on any atom is 0.304 e. The third kappa shape index (κ3) is 3.71. The van der Waals surface area contributed by atoms with Crippen LogP contribution in [-0.4, -0.2) is 23.9 Å². The highest BCUT2D eigenvalue weighted by molar-refractivity contribution is 7.99. The molecular weight excluding hydrogens is 214 g/mol. The first kappa shape index (κ1) is 11.7. The molecule has 5 heteroatoms. The van der Waals surface area contributed by atoms with Gasteiger partial charge in [0, 0.05) is 22.4 Å². The molecule has 0 bridgehead atoms. The molecule has 1 rings (SSSR count). The van der Waals surface area contributed by atoms with Crippen LogP contribution >= 0.6 is 11.8 Å². The molecule has 0 spiro atoms. The first-order chi connectivity index (χ1) is 7.13. The fraction of sp³-hybridized carbons (Fsp3) is 0.300. The average molecular weight is 227 g/mol. The molecule has 0 amide bonds. The van der Waals surface area contributed by atoms with Gasteiger partial charge in [-0.05, 0) is 12.1 Å². The Kier molecular flexibility index (Phi) is 4.30. The number of anilines is 1. The minimum Gasteiger partial charge on any atom is -0.496 e. The van der Waals surface area contributed by atoms with Gasteiger partial charge in [-0.2, -0.15) is 0 Å². The molecule has 0 atom stereocenters. The van der Waals surface area contributed by atoms with Crippen molar-refractivity contribution in [2.45, 2.75) is 11.3 Å². The van der Waals surface area contributed by atoms with Gasteiger partial charge in [0.05, 0.1) is 13.5 Å². The normalized spacial score (nSPS) is 9.93. The molecule has 0 aliphatic heterocycles. The van der Waals surface area contributed by atoms with Crippen LogP contribution in [-0.2, 0) is 4.79 Å². The molecule has 0 saturated heterocycles. The van der Waals surface area contributed by atoms with E-state index < -0.39 is 5.97 Å². The number of aliphatic carboxylic acids is 1. The van der Waals surface area contributed by atoms with Gasteiger partial charge in [0.2, 0.25) is 0 Å². The van der Waals surface area contributed by atoms with Crippen LogP contribution in [0.4, 0.5) is 5.69 Å². The number of carbonyl (C=O) groups is 1. The molecule has 0 saturated carbocycles. The van der Waals surface area contributed by atoms with Crippen molar-refractivity contribution in [2.75, 3.05) is 18.6 Å². The van der Waals surface area contributed by atoms with Gasteiger partial charge < -0.3 is 15.6 Å². The number of hydrogen-bond acceptors (Lipinski definition) is 4. The SMILES string of the molecule is COc1cc(N)ccc1SCCC(=O)O. The zero-order chi connectivity index (χ0) is 11.3. The Balaban J connectivity index is 2.63. The maximum atomic E-state index is 10.3. The lowest BCUT2D eigenvalue weighted by Crippen LogP contribution is -1.96. The largest absolute Gasteiger partial charge is 0.496 e. The molecular formula is C10H13NO3S. The van der Waals surface area contributed by atoms with E-state index in [1.807, 2.05) is 6.07 Å². The minimum atomic E-state index is -0.795. The zero-order valence-corrected chi connectivity index (χ0v) is 9.21. The van der Waals surface area contributed by atoms with Gasteiger partial charge in [0.15, 0.2) is 0 Å². The van der Waals surface area contributed by atoms with Gasteiger partial charge in [-0.25, -0.2) is 0 Å². The summed E-state index contributed by atoms with van der Waals surface area (Å²) < 4.78 is 5.14. The lowest BCUT2D eigenvalue weighted by Gasteiger charge is -2.07. The van der Waals surface area contributed by atoms with Gasteiger partial charge in [0.1, 0.15) is 5.75 Å². The highest BCUT2D eigenvalue weighted by atomic mass is 32.2. The number of carboxylic acid groups (broad SMARTS) is 1. The summed E-state index contributed by atoms with van der Waals surface area (Å²) >= 11 is 1.45. The number of carboxylic acids is 1. The van der Waals surface area contributed by atoms with E-state index in [9.17, 15) is 4.79 Å². The van der Waals surface area contributed by atoms with E-state index in [-0.39, 0.29) is 6.42 Å². The number of nitrogen functional groups attached to an aromatic ring is 1. The zero-order valence-electron chi connectivity index (χ0n) is 8.40. The molecule has 3 N–H and O–H groups in total. The minimum absolute atomic E-state index is 0.137.